The Morgan fingerprint density at radius 2 is 2.21 bits per heavy atom. The quantitative estimate of drug-likeness (QED) is 0.694. The van der Waals surface area contributed by atoms with Crippen LogP contribution in [0.1, 0.15) is 33.6 Å². The van der Waals surface area contributed by atoms with Crippen molar-refractivity contribution in [3.8, 4) is 0 Å². The van der Waals surface area contributed by atoms with Crippen LogP contribution in [-0.2, 0) is 14.2 Å². The van der Waals surface area contributed by atoms with Crippen LogP contribution in [0.5, 0.6) is 0 Å². The molecule has 1 fully saturated rings. The Morgan fingerprint density at radius 3 is 2.71 bits per heavy atom. The van der Waals surface area contributed by atoms with Gasteiger partial charge in [0.1, 0.15) is 0 Å². The standard InChI is InChI=1S/C10H17NO3/c1-5-8-9(6-2)10(12-4,14-8)13-7(3)11-9/h8H,5-6H2,1-4H3/t8-,9+,10-/m1/s1. The van der Waals surface area contributed by atoms with Crippen LogP contribution < -0.4 is 0 Å². The Morgan fingerprint density at radius 1 is 1.50 bits per heavy atom. The summed E-state index contributed by atoms with van der Waals surface area (Å²) >= 11 is 0. The lowest BCUT2D eigenvalue weighted by molar-refractivity contribution is -0.460. The van der Waals surface area contributed by atoms with Crippen molar-refractivity contribution in [2.45, 2.75) is 51.2 Å². The summed E-state index contributed by atoms with van der Waals surface area (Å²) in [5.74, 6) is -0.281. The first-order chi connectivity index (χ1) is 6.64. The highest BCUT2D eigenvalue weighted by atomic mass is 16.9. The molecule has 0 spiro atoms. The van der Waals surface area contributed by atoms with E-state index in [1.807, 2.05) is 6.92 Å². The second-order valence-electron chi connectivity index (χ2n) is 3.79. The van der Waals surface area contributed by atoms with Crippen molar-refractivity contribution in [1.29, 1.82) is 0 Å². The van der Waals surface area contributed by atoms with Gasteiger partial charge in [-0.1, -0.05) is 13.8 Å². The minimum Gasteiger partial charge on any atom is -0.424 e. The molecule has 0 aromatic carbocycles. The van der Waals surface area contributed by atoms with Crippen LogP contribution in [0.4, 0.5) is 0 Å². The second kappa shape index (κ2) is 2.94. The molecular formula is C10H17NO3. The Hall–Kier alpha value is -0.610. The highest BCUT2D eigenvalue weighted by Gasteiger charge is 2.73. The number of aliphatic imine (C=N–C) groups is 1. The number of methoxy groups -OCH3 is 1. The minimum absolute atomic E-state index is 0.116. The minimum atomic E-state index is -0.938. The van der Waals surface area contributed by atoms with E-state index in [9.17, 15) is 0 Å². The van der Waals surface area contributed by atoms with Crippen LogP contribution in [0, 0.1) is 0 Å². The van der Waals surface area contributed by atoms with Crippen molar-refractivity contribution in [3.05, 3.63) is 0 Å². The van der Waals surface area contributed by atoms with E-state index in [1.54, 1.807) is 7.11 Å². The molecule has 2 rings (SSSR count). The summed E-state index contributed by atoms with van der Waals surface area (Å²) in [6.45, 7) is 6.02. The third-order valence-electron chi connectivity index (χ3n) is 3.18. The lowest BCUT2D eigenvalue weighted by atomic mass is 9.80. The normalized spacial score (nSPS) is 45.1. The van der Waals surface area contributed by atoms with E-state index in [-0.39, 0.29) is 11.6 Å². The molecule has 3 atom stereocenters. The Balaban J connectivity index is 2.33. The molecule has 2 heterocycles. The predicted octanol–water partition coefficient (Wildman–Crippen LogP) is 1.69. The highest BCUT2D eigenvalue weighted by molar-refractivity contribution is 5.76. The molecule has 2 aliphatic heterocycles. The maximum Gasteiger partial charge on any atom is 0.357 e. The van der Waals surface area contributed by atoms with Gasteiger partial charge in [0.15, 0.2) is 11.4 Å². The molecule has 0 amide bonds. The zero-order valence-electron chi connectivity index (χ0n) is 9.16. The van der Waals surface area contributed by atoms with E-state index in [0.717, 1.165) is 12.8 Å². The molecule has 1 saturated heterocycles. The van der Waals surface area contributed by atoms with Crippen molar-refractivity contribution >= 4 is 5.90 Å². The predicted molar refractivity (Wildman–Crippen MR) is 52.1 cm³/mol. The molecule has 0 saturated carbocycles. The van der Waals surface area contributed by atoms with Gasteiger partial charge in [-0.2, -0.15) is 0 Å². The molecule has 2 aliphatic rings. The lowest BCUT2D eigenvalue weighted by Crippen LogP contribution is -2.72. The summed E-state index contributed by atoms with van der Waals surface area (Å²) in [4.78, 5) is 4.55. The zero-order valence-corrected chi connectivity index (χ0v) is 9.16. The average Bonchev–Trinajstić information content (AvgIpc) is 2.39. The molecule has 0 unspecified atom stereocenters. The van der Waals surface area contributed by atoms with Gasteiger partial charge in [0.2, 0.25) is 0 Å². The molecule has 14 heavy (non-hydrogen) atoms. The Labute approximate surface area is 84.2 Å². The molecule has 80 valence electrons. The first-order valence-corrected chi connectivity index (χ1v) is 5.12. The summed E-state index contributed by atoms with van der Waals surface area (Å²) in [6.07, 6.45) is 1.92. The number of hydrogen-bond donors (Lipinski definition) is 0. The zero-order chi connectivity index (χ0) is 10.4. The van der Waals surface area contributed by atoms with Gasteiger partial charge in [-0.25, -0.2) is 4.99 Å². The average molecular weight is 199 g/mol. The summed E-state index contributed by atoms with van der Waals surface area (Å²) in [7, 11) is 1.60. The number of ether oxygens (including phenoxy) is 3. The van der Waals surface area contributed by atoms with Crippen LogP contribution in [0.25, 0.3) is 0 Å². The largest absolute Gasteiger partial charge is 0.424 e. The van der Waals surface area contributed by atoms with Crippen molar-refractivity contribution in [3.63, 3.8) is 0 Å². The topological polar surface area (TPSA) is 40.0 Å². The van der Waals surface area contributed by atoms with E-state index < -0.39 is 5.97 Å². The van der Waals surface area contributed by atoms with Crippen molar-refractivity contribution in [2.75, 3.05) is 7.11 Å². The third-order valence-corrected chi connectivity index (χ3v) is 3.18. The van der Waals surface area contributed by atoms with Crippen LogP contribution >= 0.6 is 0 Å². The van der Waals surface area contributed by atoms with E-state index >= 15 is 0 Å². The van der Waals surface area contributed by atoms with Crippen molar-refractivity contribution < 1.29 is 14.2 Å². The summed E-state index contributed by atoms with van der Waals surface area (Å²) in [5.41, 5.74) is -0.319. The van der Waals surface area contributed by atoms with E-state index in [4.69, 9.17) is 14.2 Å². The molecule has 0 aliphatic carbocycles. The fraction of sp³-hybridized carbons (Fsp3) is 0.900. The Kier molecular flexibility index (Phi) is 2.08. The van der Waals surface area contributed by atoms with Gasteiger partial charge in [0.05, 0.1) is 6.10 Å². The maximum atomic E-state index is 5.65. The van der Waals surface area contributed by atoms with E-state index in [1.165, 1.54) is 0 Å². The Bertz CT molecular complexity index is 279. The molecule has 0 aromatic rings. The number of fused-ring (bicyclic) bond motifs is 1. The first-order valence-electron chi connectivity index (χ1n) is 5.12. The SMILES string of the molecule is CC[C@H]1O[C@]2(OC)OC(C)=N[C@@]12CC. The second-order valence-corrected chi connectivity index (χ2v) is 3.79. The third kappa shape index (κ3) is 0.880. The molecular weight excluding hydrogens is 182 g/mol. The van der Waals surface area contributed by atoms with Gasteiger partial charge in [-0.15, -0.1) is 0 Å². The van der Waals surface area contributed by atoms with Gasteiger partial charge < -0.3 is 14.2 Å². The summed E-state index contributed by atoms with van der Waals surface area (Å²) in [6, 6.07) is 0. The number of rotatable bonds is 3. The molecule has 4 heteroatoms. The first kappa shape index (κ1) is 9.93. The smallest absolute Gasteiger partial charge is 0.357 e. The van der Waals surface area contributed by atoms with Gasteiger partial charge in [0, 0.05) is 14.0 Å². The van der Waals surface area contributed by atoms with Gasteiger partial charge >= 0.3 is 5.97 Å². The van der Waals surface area contributed by atoms with Crippen molar-refractivity contribution in [2.24, 2.45) is 4.99 Å². The van der Waals surface area contributed by atoms with Gasteiger partial charge in [0.25, 0.3) is 0 Å². The monoisotopic (exact) mass is 199 g/mol. The molecule has 0 aromatic heterocycles. The molecule has 4 nitrogen and oxygen atoms in total. The van der Waals surface area contributed by atoms with Gasteiger partial charge in [-0.05, 0) is 12.8 Å². The molecule has 0 radical (unpaired) electrons. The molecule has 0 bridgehead atoms. The number of hydrogen-bond acceptors (Lipinski definition) is 4. The van der Waals surface area contributed by atoms with Crippen LogP contribution in [-0.4, -0.2) is 30.6 Å². The molecule has 0 N–H and O–H groups in total. The fourth-order valence-electron chi connectivity index (χ4n) is 2.49. The summed E-state index contributed by atoms with van der Waals surface area (Å²) < 4.78 is 16.5. The van der Waals surface area contributed by atoms with E-state index in [0.29, 0.717) is 5.90 Å². The van der Waals surface area contributed by atoms with E-state index in [2.05, 4.69) is 18.8 Å². The highest BCUT2D eigenvalue weighted by Crippen LogP contribution is 2.53. The maximum absolute atomic E-state index is 5.65. The van der Waals surface area contributed by atoms with Crippen LogP contribution in [0.2, 0.25) is 0 Å². The summed E-state index contributed by atoms with van der Waals surface area (Å²) in [5, 5.41) is 0. The lowest BCUT2D eigenvalue weighted by Gasteiger charge is -2.54. The van der Waals surface area contributed by atoms with Gasteiger partial charge in [-0.3, -0.25) is 0 Å². The number of nitrogens with zero attached hydrogens (tertiary/aromatic N) is 1. The van der Waals surface area contributed by atoms with Crippen LogP contribution in [0.15, 0.2) is 4.99 Å². The van der Waals surface area contributed by atoms with Crippen LogP contribution in [0.3, 0.4) is 0 Å². The fourth-order valence-corrected chi connectivity index (χ4v) is 2.49. The van der Waals surface area contributed by atoms with Crippen molar-refractivity contribution in [1.82, 2.24) is 0 Å².